The standard InChI is InChI=1S/C25H34N2O5/c1-27(2)25(31)4-3-11-32-22-9-6-17-5-8-21(13-19(17)14-22)26-15-24(30)18-7-10-23(29)20(12-18)16-28/h6-7,9-10,12,14,21,24,26,28-30H,3-5,8,11,13,15-16H2,1-2H3/t21-,24?/m0/s1. The molecule has 2 aromatic carbocycles. The van der Waals surface area contributed by atoms with E-state index in [0.717, 1.165) is 25.0 Å². The van der Waals surface area contributed by atoms with Gasteiger partial charge in [-0.1, -0.05) is 12.1 Å². The zero-order chi connectivity index (χ0) is 23.1. The predicted octanol–water partition coefficient (Wildman–Crippen LogP) is 2.31. The summed E-state index contributed by atoms with van der Waals surface area (Å²) < 4.78 is 5.85. The average Bonchev–Trinajstić information content (AvgIpc) is 2.80. The Morgan fingerprint density at radius 1 is 1.22 bits per heavy atom. The highest BCUT2D eigenvalue weighted by Gasteiger charge is 2.20. The smallest absolute Gasteiger partial charge is 0.222 e. The van der Waals surface area contributed by atoms with Crippen LogP contribution in [0, 0.1) is 0 Å². The first kappa shape index (κ1) is 24.0. The summed E-state index contributed by atoms with van der Waals surface area (Å²) in [4.78, 5) is 13.2. The summed E-state index contributed by atoms with van der Waals surface area (Å²) in [5, 5.41) is 33.0. The largest absolute Gasteiger partial charge is 0.508 e. The number of nitrogens with zero attached hydrogens (tertiary/aromatic N) is 1. The molecule has 0 radical (unpaired) electrons. The van der Waals surface area contributed by atoms with E-state index in [9.17, 15) is 20.1 Å². The monoisotopic (exact) mass is 442 g/mol. The highest BCUT2D eigenvalue weighted by Crippen LogP contribution is 2.27. The van der Waals surface area contributed by atoms with Crippen LogP contribution in [0.25, 0.3) is 0 Å². The number of aliphatic hydroxyl groups excluding tert-OH is 2. The summed E-state index contributed by atoms with van der Waals surface area (Å²) in [5.74, 6) is 0.958. The Hall–Kier alpha value is -2.61. The maximum absolute atomic E-state index is 11.7. The highest BCUT2D eigenvalue weighted by atomic mass is 16.5. The third-order valence-corrected chi connectivity index (χ3v) is 5.97. The molecule has 0 saturated carbocycles. The van der Waals surface area contributed by atoms with Crippen molar-refractivity contribution in [2.75, 3.05) is 27.2 Å². The predicted molar refractivity (Wildman–Crippen MR) is 123 cm³/mol. The van der Waals surface area contributed by atoms with E-state index in [4.69, 9.17) is 4.74 Å². The molecule has 0 bridgehead atoms. The molecule has 7 nitrogen and oxygen atoms in total. The number of hydrogen-bond acceptors (Lipinski definition) is 6. The topological polar surface area (TPSA) is 102 Å². The Bertz CT molecular complexity index is 915. The van der Waals surface area contributed by atoms with Crippen molar-refractivity contribution in [1.82, 2.24) is 10.2 Å². The van der Waals surface area contributed by atoms with Crippen LogP contribution in [0.5, 0.6) is 11.5 Å². The van der Waals surface area contributed by atoms with Crippen LogP contribution in [0.4, 0.5) is 0 Å². The van der Waals surface area contributed by atoms with E-state index >= 15 is 0 Å². The molecule has 174 valence electrons. The fourth-order valence-electron chi connectivity index (χ4n) is 3.97. The van der Waals surface area contributed by atoms with Crippen LogP contribution in [0.2, 0.25) is 0 Å². The van der Waals surface area contributed by atoms with Gasteiger partial charge in [0, 0.05) is 38.7 Å². The fourth-order valence-corrected chi connectivity index (χ4v) is 3.97. The van der Waals surface area contributed by atoms with Crippen molar-refractivity contribution >= 4 is 5.91 Å². The lowest BCUT2D eigenvalue weighted by Crippen LogP contribution is -2.37. The van der Waals surface area contributed by atoms with Crippen molar-refractivity contribution in [3.63, 3.8) is 0 Å². The first-order chi connectivity index (χ1) is 15.4. The van der Waals surface area contributed by atoms with E-state index in [2.05, 4.69) is 17.4 Å². The first-order valence-electron chi connectivity index (χ1n) is 11.2. The molecule has 2 atom stereocenters. The Kier molecular flexibility index (Phi) is 8.50. The molecular weight excluding hydrogens is 408 g/mol. The number of aryl methyl sites for hydroxylation is 1. The second-order valence-corrected chi connectivity index (χ2v) is 8.58. The minimum Gasteiger partial charge on any atom is -0.508 e. The van der Waals surface area contributed by atoms with Gasteiger partial charge in [-0.05, 0) is 66.6 Å². The Balaban J connectivity index is 1.50. The molecule has 0 heterocycles. The van der Waals surface area contributed by atoms with Crippen molar-refractivity contribution in [2.45, 2.75) is 50.9 Å². The van der Waals surface area contributed by atoms with Gasteiger partial charge >= 0.3 is 0 Å². The van der Waals surface area contributed by atoms with Crippen LogP contribution in [-0.2, 0) is 24.2 Å². The lowest BCUT2D eigenvalue weighted by Gasteiger charge is -2.27. The first-order valence-corrected chi connectivity index (χ1v) is 11.2. The quantitative estimate of drug-likeness (QED) is 0.421. The Morgan fingerprint density at radius 2 is 2.03 bits per heavy atom. The van der Waals surface area contributed by atoms with Gasteiger partial charge in [-0.3, -0.25) is 4.79 Å². The van der Waals surface area contributed by atoms with Crippen molar-refractivity contribution in [2.24, 2.45) is 0 Å². The number of carbonyl (C=O) groups excluding carboxylic acids is 1. The molecule has 1 aliphatic rings. The van der Waals surface area contributed by atoms with Gasteiger partial charge in [-0.2, -0.15) is 0 Å². The molecule has 1 aliphatic carbocycles. The summed E-state index contributed by atoms with van der Waals surface area (Å²) in [6, 6.07) is 11.3. The molecule has 0 aliphatic heterocycles. The van der Waals surface area contributed by atoms with Crippen LogP contribution in [0.15, 0.2) is 36.4 Å². The lowest BCUT2D eigenvalue weighted by atomic mass is 9.88. The van der Waals surface area contributed by atoms with Crippen LogP contribution >= 0.6 is 0 Å². The number of phenols is 1. The third kappa shape index (κ3) is 6.45. The van der Waals surface area contributed by atoms with E-state index in [1.807, 2.05) is 6.07 Å². The number of benzene rings is 2. The third-order valence-electron chi connectivity index (χ3n) is 5.97. The summed E-state index contributed by atoms with van der Waals surface area (Å²) in [6.45, 7) is 0.635. The lowest BCUT2D eigenvalue weighted by molar-refractivity contribution is -0.128. The molecule has 0 saturated heterocycles. The zero-order valence-corrected chi connectivity index (χ0v) is 18.9. The molecule has 4 N–H and O–H groups in total. The second-order valence-electron chi connectivity index (χ2n) is 8.58. The fraction of sp³-hybridized carbons (Fsp3) is 0.480. The number of amides is 1. The van der Waals surface area contributed by atoms with Crippen LogP contribution in [0.3, 0.4) is 0 Å². The maximum Gasteiger partial charge on any atom is 0.222 e. The Morgan fingerprint density at radius 3 is 2.78 bits per heavy atom. The second kappa shape index (κ2) is 11.3. The minimum absolute atomic E-state index is 0.0302. The van der Waals surface area contributed by atoms with Gasteiger partial charge in [0.05, 0.1) is 19.3 Å². The van der Waals surface area contributed by atoms with Gasteiger partial charge in [0.1, 0.15) is 11.5 Å². The molecule has 1 unspecified atom stereocenters. The summed E-state index contributed by atoms with van der Waals surface area (Å²) >= 11 is 0. The molecule has 3 rings (SSSR count). The molecule has 32 heavy (non-hydrogen) atoms. The number of aromatic hydroxyl groups is 1. The molecule has 0 spiro atoms. The summed E-state index contributed by atoms with van der Waals surface area (Å²) in [7, 11) is 3.51. The van der Waals surface area contributed by atoms with Crippen molar-refractivity contribution < 1.29 is 24.9 Å². The SMILES string of the molecule is CN(C)C(=O)CCCOc1ccc2c(c1)C[C@@H](NCC(O)c1ccc(O)c(CO)c1)CC2. The van der Waals surface area contributed by atoms with Crippen LogP contribution < -0.4 is 10.1 Å². The van der Waals surface area contributed by atoms with Gasteiger partial charge in [0.25, 0.3) is 0 Å². The van der Waals surface area contributed by atoms with Crippen LogP contribution in [0.1, 0.15) is 47.6 Å². The van der Waals surface area contributed by atoms with E-state index in [1.54, 1.807) is 31.1 Å². The summed E-state index contributed by atoms with van der Waals surface area (Å²) in [6.07, 6.45) is 3.26. The van der Waals surface area contributed by atoms with Crippen molar-refractivity contribution in [3.05, 3.63) is 58.7 Å². The summed E-state index contributed by atoms with van der Waals surface area (Å²) in [5.41, 5.74) is 3.65. The van der Waals surface area contributed by atoms with Gasteiger partial charge in [-0.25, -0.2) is 0 Å². The van der Waals surface area contributed by atoms with Gasteiger partial charge < -0.3 is 30.3 Å². The highest BCUT2D eigenvalue weighted by molar-refractivity contribution is 5.75. The van der Waals surface area contributed by atoms with Gasteiger partial charge in [0.2, 0.25) is 5.91 Å². The number of rotatable bonds is 10. The van der Waals surface area contributed by atoms with E-state index in [-0.39, 0.29) is 24.3 Å². The van der Waals surface area contributed by atoms with E-state index in [0.29, 0.717) is 37.1 Å². The minimum atomic E-state index is -0.721. The average molecular weight is 443 g/mol. The molecule has 7 heteroatoms. The molecule has 2 aromatic rings. The maximum atomic E-state index is 11.7. The van der Waals surface area contributed by atoms with Crippen LogP contribution in [-0.4, -0.2) is 59.4 Å². The number of nitrogens with one attached hydrogen (secondary N) is 1. The number of hydrogen-bond donors (Lipinski definition) is 4. The van der Waals surface area contributed by atoms with Crippen molar-refractivity contribution in [1.29, 1.82) is 0 Å². The molecule has 1 amide bonds. The van der Waals surface area contributed by atoms with Crippen molar-refractivity contribution in [3.8, 4) is 11.5 Å². The zero-order valence-electron chi connectivity index (χ0n) is 18.9. The number of ether oxygens (including phenoxy) is 1. The Labute approximate surface area is 189 Å². The van der Waals surface area contributed by atoms with Gasteiger partial charge in [0.15, 0.2) is 0 Å². The van der Waals surface area contributed by atoms with E-state index in [1.165, 1.54) is 17.2 Å². The molecule has 0 aromatic heterocycles. The molecule has 0 fully saturated rings. The number of aliphatic hydroxyl groups is 2. The normalized spacial score (nSPS) is 16.3. The van der Waals surface area contributed by atoms with E-state index < -0.39 is 6.10 Å². The number of fused-ring (bicyclic) bond motifs is 1. The number of carbonyl (C=O) groups is 1. The molecular formula is C25H34N2O5. The van der Waals surface area contributed by atoms with Gasteiger partial charge in [-0.15, -0.1) is 0 Å².